The first kappa shape index (κ1) is 15.8. The highest BCUT2D eigenvalue weighted by molar-refractivity contribution is 9.10. The molecule has 0 aliphatic heterocycles. The predicted molar refractivity (Wildman–Crippen MR) is 84.9 cm³/mol. The molecule has 2 rings (SSSR count). The molecule has 5 nitrogen and oxygen atoms in total. The van der Waals surface area contributed by atoms with Crippen LogP contribution in [0.4, 0.5) is 0 Å². The van der Waals surface area contributed by atoms with Crippen LogP contribution < -0.4 is 4.74 Å². The minimum absolute atomic E-state index is 0.124. The molecule has 0 radical (unpaired) electrons. The molecule has 0 aliphatic carbocycles. The number of carbonyl (C=O) groups excluding carboxylic acids is 1. The Morgan fingerprint density at radius 3 is 2.41 bits per heavy atom. The maximum atomic E-state index is 11.9. The Morgan fingerprint density at radius 2 is 1.73 bits per heavy atom. The Bertz CT molecular complexity index is 761. The number of fused-ring (bicyclic) bond motifs is 1. The third-order valence-electron chi connectivity index (χ3n) is 3.01. The van der Waals surface area contributed by atoms with Gasteiger partial charge in [-0.2, -0.15) is 10.5 Å². The van der Waals surface area contributed by atoms with Gasteiger partial charge in [-0.3, -0.25) is 4.79 Å². The number of amides is 1. The van der Waals surface area contributed by atoms with Crippen LogP contribution in [0, 0.1) is 22.7 Å². The summed E-state index contributed by atoms with van der Waals surface area (Å²) in [5.74, 6) is 0.177. The normalized spacial score (nSPS) is 9.77. The van der Waals surface area contributed by atoms with Gasteiger partial charge in [0, 0.05) is 4.47 Å². The lowest BCUT2D eigenvalue weighted by Crippen LogP contribution is -2.35. The molecule has 0 saturated heterocycles. The van der Waals surface area contributed by atoms with E-state index in [1.165, 1.54) is 0 Å². The minimum Gasteiger partial charge on any atom is -0.484 e. The molecular weight excluding hydrogens is 346 g/mol. The number of hydrogen-bond acceptors (Lipinski definition) is 4. The van der Waals surface area contributed by atoms with Gasteiger partial charge < -0.3 is 9.64 Å². The van der Waals surface area contributed by atoms with Crippen LogP contribution in [0.25, 0.3) is 10.8 Å². The molecule has 0 saturated carbocycles. The Kier molecular flexibility index (Phi) is 5.35. The van der Waals surface area contributed by atoms with Gasteiger partial charge in [0.25, 0.3) is 5.91 Å². The molecule has 6 heteroatoms. The average Bonchev–Trinajstić information content (AvgIpc) is 2.52. The Balaban J connectivity index is 2.05. The zero-order valence-corrected chi connectivity index (χ0v) is 13.2. The van der Waals surface area contributed by atoms with E-state index >= 15 is 0 Å². The number of benzene rings is 2. The lowest BCUT2D eigenvalue weighted by Gasteiger charge is -2.16. The second kappa shape index (κ2) is 7.44. The highest BCUT2D eigenvalue weighted by atomic mass is 79.9. The Morgan fingerprint density at radius 1 is 1.09 bits per heavy atom. The van der Waals surface area contributed by atoms with E-state index in [0.29, 0.717) is 5.75 Å². The molecular formula is C16H12BrN3O2. The number of halogens is 1. The zero-order valence-electron chi connectivity index (χ0n) is 11.6. The summed E-state index contributed by atoms with van der Waals surface area (Å²) in [4.78, 5) is 13.0. The zero-order chi connectivity index (χ0) is 15.9. The monoisotopic (exact) mass is 357 g/mol. The summed E-state index contributed by atoms with van der Waals surface area (Å²) < 4.78 is 6.45. The number of nitrogens with zero attached hydrogens (tertiary/aromatic N) is 3. The molecule has 2 aromatic carbocycles. The van der Waals surface area contributed by atoms with Crippen LogP contribution in [0.5, 0.6) is 5.75 Å². The number of ether oxygens (including phenoxy) is 1. The van der Waals surface area contributed by atoms with Crippen LogP contribution in [0.15, 0.2) is 40.9 Å². The molecule has 0 aliphatic rings. The molecule has 1 amide bonds. The summed E-state index contributed by atoms with van der Waals surface area (Å²) in [6.07, 6.45) is 0. The second-order valence-electron chi connectivity index (χ2n) is 4.51. The van der Waals surface area contributed by atoms with E-state index in [4.69, 9.17) is 15.3 Å². The molecule has 110 valence electrons. The van der Waals surface area contributed by atoms with Gasteiger partial charge in [-0.15, -0.1) is 0 Å². The van der Waals surface area contributed by atoms with Crippen LogP contribution >= 0.6 is 15.9 Å². The van der Waals surface area contributed by atoms with Crippen molar-refractivity contribution >= 4 is 32.6 Å². The van der Waals surface area contributed by atoms with Crippen molar-refractivity contribution in [2.75, 3.05) is 19.7 Å². The highest BCUT2D eigenvalue weighted by Crippen LogP contribution is 2.24. The maximum Gasteiger partial charge on any atom is 0.262 e. The highest BCUT2D eigenvalue weighted by Gasteiger charge is 2.13. The van der Waals surface area contributed by atoms with E-state index in [1.54, 1.807) is 6.07 Å². The maximum absolute atomic E-state index is 11.9. The molecule has 0 unspecified atom stereocenters. The van der Waals surface area contributed by atoms with Gasteiger partial charge in [0.1, 0.15) is 18.8 Å². The standard InChI is InChI=1S/C16H12BrN3O2/c17-14-3-1-13-10-15(4-2-12(13)9-14)22-11-16(21)20(7-5-18)8-6-19/h1-4,9-10H,7-8,11H2. The van der Waals surface area contributed by atoms with Crippen molar-refractivity contribution < 1.29 is 9.53 Å². The fourth-order valence-corrected chi connectivity index (χ4v) is 2.30. The minimum atomic E-state index is -0.390. The van der Waals surface area contributed by atoms with Crippen LogP contribution in [0.3, 0.4) is 0 Å². The lowest BCUT2D eigenvalue weighted by molar-refractivity contribution is -0.132. The van der Waals surface area contributed by atoms with Gasteiger partial charge >= 0.3 is 0 Å². The first-order valence-corrected chi connectivity index (χ1v) is 7.27. The fourth-order valence-electron chi connectivity index (χ4n) is 1.92. The summed E-state index contributed by atoms with van der Waals surface area (Å²) in [6, 6.07) is 15.1. The SMILES string of the molecule is N#CCN(CC#N)C(=O)COc1ccc2cc(Br)ccc2c1. The first-order chi connectivity index (χ1) is 10.6. The molecule has 0 aromatic heterocycles. The van der Waals surface area contributed by atoms with Gasteiger partial charge in [-0.1, -0.05) is 28.1 Å². The van der Waals surface area contributed by atoms with Gasteiger partial charge in [0.2, 0.25) is 0 Å². The molecule has 22 heavy (non-hydrogen) atoms. The summed E-state index contributed by atoms with van der Waals surface area (Å²) in [5.41, 5.74) is 0. The van der Waals surface area contributed by atoms with E-state index in [9.17, 15) is 4.79 Å². The van der Waals surface area contributed by atoms with E-state index in [0.717, 1.165) is 20.1 Å². The fraction of sp³-hybridized carbons (Fsp3) is 0.188. The summed E-state index contributed by atoms with van der Waals surface area (Å²) >= 11 is 3.41. The molecule has 0 heterocycles. The number of hydrogen-bond donors (Lipinski definition) is 0. The molecule has 0 bridgehead atoms. The van der Waals surface area contributed by atoms with E-state index in [1.807, 2.05) is 42.5 Å². The van der Waals surface area contributed by atoms with E-state index < -0.39 is 0 Å². The third kappa shape index (κ3) is 3.97. The van der Waals surface area contributed by atoms with Gasteiger partial charge in [-0.05, 0) is 35.0 Å². The van der Waals surface area contributed by atoms with Crippen LogP contribution in [-0.2, 0) is 4.79 Å². The third-order valence-corrected chi connectivity index (χ3v) is 3.51. The summed E-state index contributed by atoms with van der Waals surface area (Å²) in [5, 5.41) is 19.3. The smallest absolute Gasteiger partial charge is 0.262 e. The lowest BCUT2D eigenvalue weighted by atomic mass is 10.1. The van der Waals surface area contributed by atoms with Crippen molar-refractivity contribution in [1.82, 2.24) is 4.90 Å². The number of nitriles is 2. The Labute approximate surface area is 136 Å². The predicted octanol–water partition coefficient (Wildman–Crippen LogP) is 2.86. The van der Waals surface area contributed by atoms with Crippen molar-refractivity contribution in [3.8, 4) is 17.9 Å². The van der Waals surface area contributed by atoms with Crippen LogP contribution in [-0.4, -0.2) is 30.5 Å². The van der Waals surface area contributed by atoms with Crippen molar-refractivity contribution in [2.24, 2.45) is 0 Å². The van der Waals surface area contributed by atoms with Gasteiger partial charge in [0.15, 0.2) is 6.61 Å². The second-order valence-corrected chi connectivity index (χ2v) is 5.42. The van der Waals surface area contributed by atoms with E-state index in [-0.39, 0.29) is 25.6 Å². The number of carbonyl (C=O) groups is 1. The van der Waals surface area contributed by atoms with Crippen molar-refractivity contribution in [1.29, 1.82) is 10.5 Å². The van der Waals surface area contributed by atoms with Crippen molar-refractivity contribution in [3.05, 3.63) is 40.9 Å². The average molecular weight is 358 g/mol. The van der Waals surface area contributed by atoms with Gasteiger partial charge in [-0.25, -0.2) is 0 Å². The van der Waals surface area contributed by atoms with Crippen molar-refractivity contribution in [3.63, 3.8) is 0 Å². The molecule has 0 fully saturated rings. The van der Waals surface area contributed by atoms with Crippen molar-refractivity contribution in [2.45, 2.75) is 0 Å². The summed E-state index contributed by atoms with van der Waals surface area (Å²) in [6.45, 7) is -0.450. The molecule has 0 N–H and O–H groups in total. The van der Waals surface area contributed by atoms with E-state index in [2.05, 4.69) is 15.9 Å². The largest absolute Gasteiger partial charge is 0.484 e. The van der Waals surface area contributed by atoms with Gasteiger partial charge in [0.05, 0.1) is 12.1 Å². The molecule has 0 spiro atoms. The summed E-state index contributed by atoms with van der Waals surface area (Å²) in [7, 11) is 0. The number of rotatable bonds is 5. The topological polar surface area (TPSA) is 77.1 Å². The van der Waals surface area contributed by atoms with Crippen LogP contribution in [0.2, 0.25) is 0 Å². The Hall–Kier alpha value is -2.57. The first-order valence-electron chi connectivity index (χ1n) is 6.48. The van der Waals surface area contributed by atoms with Crippen LogP contribution in [0.1, 0.15) is 0 Å². The quantitative estimate of drug-likeness (QED) is 0.770. The molecule has 0 atom stereocenters. The molecule has 2 aromatic rings.